The molecule has 0 radical (unpaired) electrons. The number of hydrogen-bond acceptors (Lipinski definition) is 10. The van der Waals surface area contributed by atoms with Crippen LogP contribution >= 0.6 is 0 Å². The number of aliphatic hydroxyl groups excluding tert-OH is 5. The molecule has 1 aliphatic rings. The number of rotatable bonds is 53. The van der Waals surface area contributed by atoms with Crippen LogP contribution < -0.4 is 5.32 Å². The monoisotopic (exact) mass is 1100 g/mol. The quantitative estimate of drug-likeness (QED) is 0.0195. The maximum atomic E-state index is 13.4. The fourth-order valence-corrected chi connectivity index (χ4v) is 9.44. The maximum Gasteiger partial charge on any atom is 0.306 e. The van der Waals surface area contributed by atoms with Gasteiger partial charge in [-0.05, 0) is 96.3 Å². The molecule has 0 aromatic heterocycles. The van der Waals surface area contributed by atoms with Crippen molar-refractivity contribution in [1.82, 2.24) is 5.32 Å². The molecule has 1 heterocycles. The van der Waals surface area contributed by atoms with Crippen LogP contribution in [0.1, 0.15) is 265 Å². The topological polar surface area (TPSA) is 175 Å². The van der Waals surface area contributed by atoms with E-state index in [-0.39, 0.29) is 19.4 Å². The lowest BCUT2D eigenvalue weighted by Gasteiger charge is -2.41. The Morgan fingerprint density at radius 1 is 0.500 bits per heavy atom. The molecule has 1 rings (SSSR count). The Hall–Kier alpha value is -3.16. The van der Waals surface area contributed by atoms with Gasteiger partial charge in [0.15, 0.2) is 12.4 Å². The van der Waals surface area contributed by atoms with E-state index in [9.17, 15) is 35.1 Å². The normalized spacial score (nSPS) is 19.5. The van der Waals surface area contributed by atoms with Crippen molar-refractivity contribution in [2.45, 2.75) is 314 Å². The Kier molecular flexibility index (Phi) is 50.8. The lowest BCUT2D eigenvalue weighted by atomic mass is 9.99. The Labute approximate surface area is 476 Å². The van der Waals surface area contributed by atoms with Crippen LogP contribution in [0.3, 0.4) is 0 Å². The lowest BCUT2D eigenvalue weighted by Crippen LogP contribution is -2.61. The van der Waals surface area contributed by atoms with Crippen LogP contribution in [-0.4, -0.2) is 99.6 Å². The van der Waals surface area contributed by atoms with Crippen molar-refractivity contribution < 1.29 is 49.3 Å². The molecule has 11 nitrogen and oxygen atoms in total. The van der Waals surface area contributed by atoms with Gasteiger partial charge >= 0.3 is 5.97 Å². The molecule has 78 heavy (non-hydrogen) atoms. The molecule has 8 unspecified atom stereocenters. The zero-order valence-electron chi connectivity index (χ0n) is 49.8. The van der Waals surface area contributed by atoms with Gasteiger partial charge in [0.25, 0.3) is 0 Å². The van der Waals surface area contributed by atoms with Gasteiger partial charge in [0, 0.05) is 6.42 Å². The van der Waals surface area contributed by atoms with E-state index >= 15 is 0 Å². The molecule has 450 valence electrons. The molecular weight excluding hydrogens is 979 g/mol. The zero-order valence-corrected chi connectivity index (χ0v) is 49.8. The molecule has 1 fully saturated rings. The Morgan fingerprint density at radius 3 is 1.35 bits per heavy atom. The molecule has 1 aliphatic heterocycles. The summed E-state index contributed by atoms with van der Waals surface area (Å²) in [5, 5.41) is 57.0. The standard InChI is InChI=1S/C67H117NO10/c1-4-7-10-13-16-19-22-25-27-29-30-31-33-34-36-39-42-45-48-51-54-60(71)66(75)68-58(59(70)53-50-47-44-41-38-24-21-18-15-12-9-6-3)57-76-67-65(64(74)63(73)61(56-69)77-67)78-62(72)55-52-49-46-43-40-37-35-32-28-26-23-20-17-14-11-8-5-2/h16-17,19-20,25-28,35,37,43,46,50,53,58-61,63-65,67,69-71,73-74H,4-15,18,21-24,29-34,36,38-42,44-45,47-49,51-52,54-57H2,1-3H3,(H,68,75)/b19-16-,20-17-,27-25-,28-26-,37-35-,46-43-,53-50+. The van der Waals surface area contributed by atoms with E-state index in [4.69, 9.17) is 14.2 Å². The molecule has 0 aromatic carbocycles. The molecule has 6 N–H and O–H groups in total. The van der Waals surface area contributed by atoms with Crippen LogP contribution in [0.2, 0.25) is 0 Å². The average Bonchev–Trinajstić information content (AvgIpc) is 3.45. The van der Waals surface area contributed by atoms with E-state index in [0.717, 1.165) is 77.0 Å². The third-order valence-electron chi connectivity index (χ3n) is 14.5. The van der Waals surface area contributed by atoms with E-state index in [1.54, 1.807) is 6.08 Å². The van der Waals surface area contributed by atoms with Crippen LogP contribution in [-0.2, 0) is 23.8 Å². The number of esters is 1. The summed E-state index contributed by atoms with van der Waals surface area (Å²) in [5.74, 6) is -1.26. The highest BCUT2D eigenvalue weighted by Gasteiger charge is 2.47. The van der Waals surface area contributed by atoms with E-state index < -0.39 is 67.4 Å². The SMILES string of the molecule is CCCCC/C=C\C/C=C\C/C=C\C/C=C\CCCC(=O)OC1C(OCC(NC(=O)C(O)CCCCCCCCCCCC/C=C\C/C=C\CCCCC)C(O)/C=C/CCCCCCCCCCCC)OC(CO)C(O)C1O. The summed E-state index contributed by atoms with van der Waals surface area (Å²) in [6, 6.07) is -1.04. The summed E-state index contributed by atoms with van der Waals surface area (Å²) >= 11 is 0. The number of aliphatic hydroxyl groups is 5. The third-order valence-corrected chi connectivity index (χ3v) is 14.5. The summed E-state index contributed by atoms with van der Waals surface area (Å²) in [5.41, 5.74) is 0. The van der Waals surface area contributed by atoms with Gasteiger partial charge in [-0.1, -0.05) is 247 Å². The van der Waals surface area contributed by atoms with Crippen LogP contribution in [0.25, 0.3) is 0 Å². The van der Waals surface area contributed by atoms with E-state index in [2.05, 4.69) is 92.9 Å². The van der Waals surface area contributed by atoms with E-state index in [0.29, 0.717) is 19.3 Å². The van der Waals surface area contributed by atoms with Crippen LogP contribution in [0.4, 0.5) is 0 Å². The van der Waals surface area contributed by atoms with Crippen molar-refractivity contribution in [3.05, 3.63) is 85.1 Å². The second kappa shape index (κ2) is 54.4. The minimum absolute atomic E-state index is 0.0448. The minimum Gasteiger partial charge on any atom is -0.454 e. The van der Waals surface area contributed by atoms with Gasteiger partial charge in [0.1, 0.15) is 24.4 Å². The minimum atomic E-state index is -1.64. The fraction of sp³-hybridized carbons (Fsp3) is 0.761. The Bertz CT molecular complexity index is 1590. The van der Waals surface area contributed by atoms with Gasteiger partial charge in [-0.2, -0.15) is 0 Å². The molecule has 0 aliphatic carbocycles. The predicted molar refractivity (Wildman–Crippen MR) is 324 cm³/mol. The highest BCUT2D eigenvalue weighted by atomic mass is 16.7. The molecule has 0 aromatic rings. The van der Waals surface area contributed by atoms with E-state index in [1.807, 2.05) is 12.2 Å². The fourth-order valence-electron chi connectivity index (χ4n) is 9.44. The molecule has 11 heteroatoms. The van der Waals surface area contributed by atoms with Crippen LogP contribution in [0.15, 0.2) is 85.1 Å². The summed E-state index contributed by atoms with van der Waals surface area (Å²) in [4.78, 5) is 26.5. The summed E-state index contributed by atoms with van der Waals surface area (Å²) in [6.07, 6.45) is 60.5. The number of carbonyl (C=O) groups excluding carboxylic acids is 2. The first-order chi connectivity index (χ1) is 38.2. The zero-order chi connectivity index (χ0) is 56.8. The highest BCUT2D eigenvalue weighted by molar-refractivity contribution is 5.80. The van der Waals surface area contributed by atoms with Gasteiger partial charge in [-0.15, -0.1) is 0 Å². The van der Waals surface area contributed by atoms with Gasteiger partial charge in [-0.3, -0.25) is 9.59 Å². The Morgan fingerprint density at radius 2 is 0.885 bits per heavy atom. The van der Waals surface area contributed by atoms with Crippen molar-refractivity contribution >= 4 is 11.9 Å². The largest absolute Gasteiger partial charge is 0.454 e. The van der Waals surface area contributed by atoms with Crippen LogP contribution in [0, 0.1) is 0 Å². The number of amides is 1. The molecular formula is C67H117NO10. The number of carbonyl (C=O) groups is 2. The Balaban J connectivity index is 2.70. The van der Waals surface area contributed by atoms with Crippen molar-refractivity contribution in [2.24, 2.45) is 0 Å². The predicted octanol–water partition coefficient (Wildman–Crippen LogP) is 15.3. The lowest BCUT2D eigenvalue weighted by molar-refractivity contribution is -0.305. The number of hydrogen-bond donors (Lipinski definition) is 6. The van der Waals surface area contributed by atoms with Crippen molar-refractivity contribution in [3.8, 4) is 0 Å². The average molecular weight is 1100 g/mol. The van der Waals surface area contributed by atoms with Gasteiger partial charge in [0.05, 0.1) is 25.4 Å². The van der Waals surface area contributed by atoms with Crippen molar-refractivity contribution in [1.29, 1.82) is 0 Å². The second-order valence-electron chi connectivity index (χ2n) is 21.8. The molecule has 0 spiro atoms. The number of unbranched alkanes of at least 4 members (excludes halogenated alkanes) is 27. The van der Waals surface area contributed by atoms with Gasteiger partial charge < -0.3 is 45.1 Å². The first-order valence-corrected chi connectivity index (χ1v) is 31.9. The van der Waals surface area contributed by atoms with Crippen molar-refractivity contribution in [3.63, 3.8) is 0 Å². The molecule has 0 bridgehead atoms. The number of allylic oxidation sites excluding steroid dienone is 13. The number of nitrogens with one attached hydrogen (secondary N) is 1. The van der Waals surface area contributed by atoms with Crippen molar-refractivity contribution in [2.75, 3.05) is 13.2 Å². The smallest absolute Gasteiger partial charge is 0.306 e. The van der Waals surface area contributed by atoms with Gasteiger partial charge in [-0.25, -0.2) is 0 Å². The molecule has 0 saturated carbocycles. The first-order valence-electron chi connectivity index (χ1n) is 31.9. The van der Waals surface area contributed by atoms with Gasteiger partial charge in [0.2, 0.25) is 5.91 Å². The van der Waals surface area contributed by atoms with Crippen LogP contribution in [0.5, 0.6) is 0 Å². The molecule has 1 amide bonds. The second-order valence-corrected chi connectivity index (χ2v) is 21.8. The third kappa shape index (κ3) is 41.8. The molecule has 1 saturated heterocycles. The summed E-state index contributed by atoms with van der Waals surface area (Å²) < 4.78 is 17.6. The summed E-state index contributed by atoms with van der Waals surface area (Å²) in [7, 11) is 0. The molecule has 8 atom stereocenters. The summed E-state index contributed by atoms with van der Waals surface area (Å²) in [6.45, 7) is 5.71. The highest BCUT2D eigenvalue weighted by Crippen LogP contribution is 2.26. The maximum absolute atomic E-state index is 13.4. The first kappa shape index (κ1) is 72.9. The van der Waals surface area contributed by atoms with E-state index in [1.165, 1.54) is 135 Å². The number of ether oxygens (including phenoxy) is 3.